The smallest absolute Gasteiger partial charge is 0.262 e. The van der Waals surface area contributed by atoms with Gasteiger partial charge in [-0.15, -0.1) is 0 Å². The quantitative estimate of drug-likeness (QED) is 0.104. The number of aromatic nitrogens is 2. The van der Waals surface area contributed by atoms with E-state index < -0.39 is 87.9 Å². The van der Waals surface area contributed by atoms with Crippen molar-refractivity contribution in [3.05, 3.63) is 129 Å². The molecule has 2 atom stereocenters. The molecule has 0 aliphatic heterocycles. The second-order valence-corrected chi connectivity index (χ2v) is 14.1. The number of carbonyl (C=O) groups excluding carboxylic acids is 4. The van der Waals surface area contributed by atoms with E-state index in [1.807, 2.05) is 0 Å². The number of carbonyl (C=O) groups is 4. The standard InChI is InChI=1S/C42H36F6N4O6/c1-6-11-49-39(55)37(35-19(4)51(31-16-29(47)33(53)14-23(31)35)41(57)21-7-9-25(43)27(45)12-21)38(40(56)50-18(2)3)36-20(5)52(32-17-30(48)34(54)15-24(32)36)42(58)22-8-10-26(44)28(46)13-22/h7-10,12-18,37-38,53-54H,6,11H2,1-5H3,(H,49,55)(H,50,56). The Labute approximate surface area is 326 Å². The van der Waals surface area contributed by atoms with Gasteiger partial charge in [0.25, 0.3) is 11.8 Å². The van der Waals surface area contributed by atoms with Gasteiger partial charge in [0, 0.05) is 58.0 Å². The normalized spacial score (nSPS) is 12.6. The Morgan fingerprint density at radius 1 is 0.603 bits per heavy atom. The van der Waals surface area contributed by atoms with Crippen LogP contribution >= 0.6 is 0 Å². The molecule has 10 nitrogen and oxygen atoms in total. The Bertz CT molecular complexity index is 2690. The number of nitrogens with one attached hydrogen (secondary N) is 2. The van der Waals surface area contributed by atoms with Crippen LogP contribution in [0.2, 0.25) is 0 Å². The van der Waals surface area contributed by atoms with Gasteiger partial charge in [-0.1, -0.05) is 6.92 Å². The van der Waals surface area contributed by atoms with Crippen LogP contribution in [0.15, 0.2) is 60.7 Å². The number of hydrogen-bond acceptors (Lipinski definition) is 6. The van der Waals surface area contributed by atoms with Crippen LogP contribution in [0.1, 0.15) is 82.3 Å². The molecule has 0 fully saturated rings. The first-order valence-electron chi connectivity index (χ1n) is 18.0. The van der Waals surface area contributed by atoms with Crippen molar-refractivity contribution in [3.63, 3.8) is 0 Å². The fourth-order valence-electron chi connectivity index (χ4n) is 7.35. The molecule has 0 aliphatic rings. The topological polar surface area (TPSA) is 143 Å². The van der Waals surface area contributed by atoms with Crippen LogP contribution in [0.25, 0.3) is 21.8 Å². The summed E-state index contributed by atoms with van der Waals surface area (Å²) in [5.41, 5.74) is -1.66. The SMILES string of the molecule is CCCNC(=O)C(c1c(C)n(C(=O)c2ccc(F)c(F)c2)c2cc(F)c(O)cc12)C(C(=O)NC(C)C)c1c(C)n(C(=O)c2ccc(F)c(F)c2)c2cc(F)c(O)cc12. The van der Waals surface area contributed by atoms with Gasteiger partial charge in [-0.05, 0) is 93.8 Å². The van der Waals surface area contributed by atoms with Gasteiger partial charge >= 0.3 is 0 Å². The van der Waals surface area contributed by atoms with Gasteiger partial charge in [0.2, 0.25) is 11.8 Å². The lowest BCUT2D eigenvalue weighted by atomic mass is 9.77. The van der Waals surface area contributed by atoms with E-state index in [9.17, 15) is 47.0 Å². The highest BCUT2D eigenvalue weighted by atomic mass is 19.2. The molecular formula is C42H36F6N4O6. The van der Waals surface area contributed by atoms with Crippen LogP contribution in [0.3, 0.4) is 0 Å². The first kappa shape index (κ1) is 41.1. The maximum Gasteiger partial charge on any atom is 0.262 e. The highest BCUT2D eigenvalue weighted by Gasteiger charge is 2.43. The van der Waals surface area contributed by atoms with Crippen LogP contribution in [0, 0.1) is 48.8 Å². The van der Waals surface area contributed by atoms with Gasteiger partial charge in [-0.3, -0.25) is 28.3 Å². The van der Waals surface area contributed by atoms with E-state index in [0.717, 1.165) is 45.5 Å². The number of benzene rings is 4. The number of rotatable bonds is 10. The Morgan fingerprint density at radius 3 is 1.40 bits per heavy atom. The summed E-state index contributed by atoms with van der Waals surface area (Å²) in [4.78, 5) is 57.8. The minimum atomic E-state index is -1.74. The molecule has 2 heterocycles. The Balaban J connectivity index is 1.74. The van der Waals surface area contributed by atoms with E-state index in [-0.39, 0.29) is 62.0 Å². The average molecular weight is 807 g/mol. The van der Waals surface area contributed by atoms with Gasteiger partial charge in [-0.2, -0.15) is 0 Å². The number of phenols is 2. The van der Waals surface area contributed by atoms with Crippen molar-refractivity contribution < 1.29 is 55.7 Å². The third-order valence-electron chi connectivity index (χ3n) is 9.88. The molecule has 4 N–H and O–H groups in total. The average Bonchev–Trinajstić information content (AvgIpc) is 3.58. The lowest BCUT2D eigenvalue weighted by Gasteiger charge is -2.28. The molecule has 0 bridgehead atoms. The highest BCUT2D eigenvalue weighted by molar-refractivity contribution is 6.09. The molecule has 302 valence electrons. The fourth-order valence-corrected chi connectivity index (χ4v) is 7.35. The fraction of sp³-hybridized carbons (Fsp3) is 0.238. The van der Waals surface area contributed by atoms with Gasteiger partial charge in [0.1, 0.15) is 0 Å². The summed E-state index contributed by atoms with van der Waals surface area (Å²) in [5, 5.41) is 26.6. The molecule has 0 radical (unpaired) electrons. The van der Waals surface area contributed by atoms with Gasteiger partial charge in [-0.25, -0.2) is 26.3 Å². The van der Waals surface area contributed by atoms with Crippen LogP contribution in [0.5, 0.6) is 11.5 Å². The zero-order chi connectivity index (χ0) is 42.5. The van der Waals surface area contributed by atoms with Crippen LogP contribution in [-0.2, 0) is 9.59 Å². The number of phenolic OH excluding ortho intramolecular Hbond substituents is 2. The molecular weight excluding hydrogens is 770 g/mol. The minimum Gasteiger partial charge on any atom is -0.505 e. The molecule has 0 saturated carbocycles. The van der Waals surface area contributed by atoms with Crippen molar-refractivity contribution in [1.29, 1.82) is 0 Å². The third kappa shape index (κ3) is 7.14. The van der Waals surface area contributed by atoms with E-state index in [0.29, 0.717) is 30.7 Å². The molecule has 6 aromatic rings. The van der Waals surface area contributed by atoms with Gasteiger partial charge < -0.3 is 20.8 Å². The Morgan fingerprint density at radius 2 is 1.02 bits per heavy atom. The van der Waals surface area contributed by atoms with E-state index >= 15 is 8.78 Å². The predicted molar refractivity (Wildman–Crippen MR) is 201 cm³/mol. The van der Waals surface area contributed by atoms with Crippen molar-refractivity contribution in [2.24, 2.45) is 0 Å². The van der Waals surface area contributed by atoms with Crippen molar-refractivity contribution in [3.8, 4) is 11.5 Å². The number of hydrogen-bond donors (Lipinski definition) is 4. The molecule has 6 rings (SSSR count). The van der Waals surface area contributed by atoms with Crippen molar-refractivity contribution in [1.82, 2.24) is 19.8 Å². The Kier molecular flexibility index (Phi) is 11.2. The summed E-state index contributed by atoms with van der Waals surface area (Å²) in [5.74, 6) is -16.6. The molecule has 0 saturated heterocycles. The summed E-state index contributed by atoms with van der Waals surface area (Å²) < 4.78 is 88.9. The van der Waals surface area contributed by atoms with Crippen molar-refractivity contribution in [2.75, 3.05) is 6.54 Å². The van der Waals surface area contributed by atoms with Crippen molar-refractivity contribution >= 4 is 45.4 Å². The van der Waals surface area contributed by atoms with Gasteiger partial charge in [0.15, 0.2) is 46.4 Å². The summed E-state index contributed by atoms with van der Waals surface area (Å²) in [6, 6.07) is 7.50. The number of amides is 2. The van der Waals surface area contributed by atoms with E-state index in [4.69, 9.17) is 0 Å². The number of nitrogens with zero attached hydrogens (tertiary/aromatic N) is 2. The van der Waals surface area contributed by atoms with Crippen LogP contribution in [0.4, 0.5) is 26.3 Å². The van der Waals surface area contributed by atoms with Crippen LogP contribution in [-0.4, -0.2) is 55.6 Å². The second kappa shape index (κ2) is 15.8. The van der Waals surface area contributed by atoms with Crippen molar-refractivity contribution in [2.45, 2.75) is 58.9 Å². The predicted octanol–water partition coefficient (Wildman–Crippen LogP) is 7.75. The molecule has 0 spiro atoms. The van der Waals surface area contributed by atoms with E-state index in [1.165, 1.54) is 13.8 Å². The lowest BCUT2D eigenvalue weighted by Crippen LogP contribution is -2.42. The highest BCUT2D eigenvalue weighted by Crippen LogP contribution is 2.46. The maximum absolute atomic E-state index is 15.2. The molecule has 58 heavy (non-hydrogen) atoms. The second-order valence-electron chi connectivity index (χ2n) is 14.1. The van der Waals surface area contributed by atoms with Gasteiger partial charge in [0.05, 0.1) is 22.9 Å². The number of aromatic hydroxyl groups is 2. The first-order valence-corrected chi connectivity index (χ1v) is 18.0. The molecule has 2 unspecified atom stereocenters. The zero-order valence-electron chi connectivity index (χ0n) is 31.6. The largest absolute Gasteiger partial charge is 0.505 e. The Hall–Kier alpha value is -6.58. The van der Waals surface area contributed by atoms with E-state index in [1.54, 1.807) is 20.8 Å². The lowest BCUT2D eigenvalue weighted by molar-refractivity contribution is -0.129. The molecule has 0 aliphatic carbocycles. The van der Waals surface area contributed by atoms with E-state index in [2.05, 4.69) is 10.6 Å². The van der Waals surface area contributed by atoms with Crippen LogP contribution < -0.4 is 10.6 Å². The zero-order valence-corrected chi connectivity index (χ0v) is 31.6. The summed E-state index contributed by atoms with van der Waals surface area (Å²) in [7, 11) is 0. The molecule has 2 aromatic heterocycles. The third-order valence-corrected chi connectivity index (χ3v) is 9.88. The number of fused-ring (bicyclic) bond motifs is 2. The monoisotopic (exact) mass is 806 g/mol. The summed E-state index contributed by atoms with van der Waals surface area (Å²) in [6.45, 7) is 7.73. The molecule has 16 heteroatoms. The minimum absolute atomic E-state index is 0.0561. The summed E-state index contributed by atoms with van der Waals surface area (Å²) >= 11 is 0. The number of halogens is 6. The molecule has 2 amide bonds. The molecule has 4 aromatic carbocycles. The summed E-state index contributed by atoms with van der Waals surface area (Å²) in [6.07, 6.45) is 0.400. The maximum atomic E-state index is 15.2. The first-order chi connectivity index (χ1) is 27.4.